The molecule has 0 atom stereocenters. The van der Waals surface area contributed by atoms with Gasteiger partial charge in [-0.25, -0.2) is 0 Å². The maximum atomic E-state index is 2.67. The van der Waals surface area contributed by atoms with Gasteiger partial charge in [-0.15, -0.1) is 22.7 Å². The van der Waals surface area contributed by atoms with Crippen molar-refractivity contribution in [3.05, 3.63) is 278 Å². The standard InChI is InChI=1S/C86H62N4S2/c1-85(2,3)67-33-21-31-61-79-71(87(69-35-17-13-27-55(69)51-23-9-7-10-24-51)53-39-45-77-65(47-53)57-29-15-19-37-75(57)91-77)43-41-59-63-50-74-64(49-73(63)89(81(61)67)83(59)79)60-42-44-72(80-62-32-22-34-68(86(4,5)6)82(62)90(74)84(60)80)88(70-36-18-14-28-56(70)52-25-11-8-12-26-52)54-40-46-78-66(48-54)58-30-16-20-38-76(58)92-78/h7-50H,1-6H3. The molecule has 0 bridgehead atoms. The number of benzene rings is 13. The zero-order valence-electron chi connectivity index (χ0n) is 52.0. The third-order valence-electron chi connectivity index (χ3n) is 19.8. The van der Waals surface area contributed by atoms with Crippen LogP contribution in [0.4, 0.5) is 34.1 Å². The van der Waals surface area contributed by atoms with E-state index in [0.717, 1.165) is 34.1 Å². The van der Waals surface area contributed by atoms with Gasteiger partial charge in [0.1, 0.15) is 0 Å². The molecule has 13 aromatic carbocycles. The van der Waals surface area contributed by atoms with Crippen LogP contribution in [0.2, 0.25) is 0 Å². The minimum atomic E-state index is -0.174. The molecule has 19 aromatic rings. The summed E-state index contributed by atoms with van der Waals surface area (Å²) < 4.78 is 10.5. The fraction of sp³-hybridized carbons (Fsp3) is 0.0930. The Morgan fingerprint density at radius 2 is 0.652 bits per heavy atom. The van der Waals surface area contributed by atoms with Gasteiger partial charge in [0.2, 0.25) is 0 Å². The number of para-hydroxylation sites is 4. The minimum absolute atomic E-state index is 0.174. The molecular formula is C86H62N4S2. The summed E-state index contributed by atoms with van der Waals surface area (Å²) in [5.74, 6) is 0. The first kappa shape index (κ1) is 53.3. The molecule has 438 valence electrons. The molecule has 0 amide bonds. The molecular weight excluding hydrogens is 1150 g/mol. The van der Waals surface area contributed by atoms with Gasteiger partial charge < -0.3 is 18.6 Å². The Labute approximate surface area is 541 Å². The second-order valence-electron chi connectivity index (χ2n) is 27.2. The highest BCUT2D eigenvalue weighted by Gasteiger charge is 2.33. The monoisotopic (exact) mass is 1210 g/mol. The van der Waals surface area contributed by atoms with Crippen molar-refractivity contribution in [1.29, 1.82) is 0 Å². The molecule has 0 aliphatic rings. The molecule has 0 saturated carbocycles. The number of thiophene rings is 2. The maximum absolute atomic E-state index is 2.67. The van der Waals surface area contributed by atoms with E-state index in [1.54, 1.807) is 0 Å². The van der Waals surface area contributed by atoms with Crippen LogP contribution >= 0.6 is 22.7 Å². The van der Waals surface area contributed by atoms with Gasteiger partial charge in [-0.2, -0.15) is 0 Å². The highest BCUT2D eigenvalue weighted by atomic mass is 32.1. The maximum Gasteiger partial charge on any atom is 0.0641 e. The summed E-state index contributed by atoms with van der Waals surface area (Å²) in [7, 11) is 0. The Bertz CT molecular complexity index is 5840. The Balaban J connectivity index is 0.927. The van der Waals surface area contributed by atoms with E-state index in [0.29, 0.717) is 0 Å². The first-order valence-electron chi connectivity index (χ1n) is 32.1. The molecule has 92 heavy (non-hydrogen) atoms. The Morgan fingerprint density at radius 1 is 0.272 bits per heavy atom. The molecule has 0 fully saturated rings. The van der Waals surface area contributed by atoms with Gasteiger partial charge >= 0.3 is 0 Å². The van der Waals surface area contributed by atoms with E-state index in [2.05, 4.69) is 327 Å². The Morgan fingerprint density at radius 3 is 1.09 bits per heavy atom. The average Bonchev–Trinajstić information content (AvgIpc) is 1.51. The van der Waals surface area contributed by atoms with E-state index in [-0.39, 0.29) is 10.8 Å². The number of hydrogen-bond acceptors (Lipinski definition) is 4. The molecule has 6 heterocycles. The molecule has 6 heteroatoms. The zero-order valence-corrected chi connectivity index (χ0v) is 53.6. The molecule has 6 aromatic heterocycles. The van der Waals surface area contributed by atoms with Gasteiger partial charge in [0, 0.05) is 106 Å². The summed E-state index contributed by atoms with van der Waals surface area (Å²) in [4.78, 5) is 5.13. The first-order valence-corrected chi connectivity index (χ1v) is 33.7. The van der Waals surface area contributed by atoms with E-state index >= 15 is 0 Å². The van der Waals surface area contributed by atoms with Gasteiger partial charge in [-0.1, -0.05) is 224 Å². The SMILES string of the molecule is CC(C)(C)c1cccc2c3c(N(c4ccc5sc6ccccc6c5c4)c4ccccc4-c4ccccc4)ccc4c5cc6c(cc5n(c12)c43)c1ccc(N(c2ccc3sc4ccccc4c3c2)c2ccccc2-c2ccccc2)c2c3cccc(C(C)(C)C)c3n6c12. The lowest BCUT2D eigenvalue weighted by Crippen LogP contribution is -2.12. The second-order valence-corrected chi connectivity index (χ2v) is 29.3. The number of anilines is 6. The van der Waals surface area contributed by atoms with E-state index < -0.39 is 0 Å². The third kappa shape index (κ3) is 7.62. The molecule has 0 aliphatic carbocycles. The summed E-state index contributed by atoms with van der Waals surface area (Å²) in [5.41, 5.74) is 21.3. The van der Waals surface area contributed by atoms with Gasteiger partial charge in [0.05, 0.1) is 55.8 Å². The summed E-state index contributed by atoms with van der Waals surface area (Å²) in [5, 5.41) is 15.1. The molecule has 4 nitrogen and oxygen atoms in total. The summed E-state index contributed by atoms with van der Waals surface area (Å²) in [6, 6.07) is 101. The normalized spacial score (nSPS) is 12.7. The fourth-order valence-corrected chi connectivity index (χ4v) is 18.0. The average molecular weight is 1220 g/mol. The van der Waals surface area contributed by atoms with Crippen LogP contribution in [0.25, 0.3) is 139 Å². The van der Waals surface area contributed by atoms with Crippen LogP contribution in [0.5, 0.6) is 0 Å². The molecule has 0 spiro atoms. The van der Waals surface area contributed by atoms with Crippen molar-refractivity contribution in [3.63, 3.8) is 0 Å². The number of fused-ring (bicyclic) bond motifs is 18. The van der Waals surface area contributed by atoms with Crippen LogP contribution in [-0.2, 0) is 10.8 Å². The predicted octanol–water partition coefficient (Wildman–Crippen LogP) is 25.6. The first-order chi connectivity index (χ1) is 44.9. The van der Waals surface area contributed by atoms with Crippen LogP contribution in [0.3, 0.4) is 0 Å². The van der Waals surface area contributed by atoms with Crippen molar-refractivity contribution in [2.24, 2.45) is 0 Å². The van der Waals surface area contributed by atoms with Crippen LogP contribution in [-0.4, -0.2) is 8.80 Å². The second kappa shape index (κ2) is 19.5. The van der Waals surface area contributed by atoms with E-state index in [1.807, 2.05) is 22.7 Å². The van der Waals surface area contributed by atoms with Crippen LogP contribution in [0.15, 0.2) is 267 Å². The van der Waals surface area contributed by atoms with Crippen LogP contribution < -0.4 is 9.80 Å². The highest BCUT2D eigenvalue weighted by Crippen LogP contribution is 2.55. The van der Waals surface area contributed by atoms with E-state index in [4.69, 9.17) is 0 Å². The Hall–Kier alpha value is -10.5. The largest absolute Gasteiger partial charge is 0.309 e. The summed E-state index contributed by atoms with van der Waals surface area (Å²) >= 11 is 3.74. The predicted molar refractivity (Wildman–Crippen MR) is 399 cm³/mol. The smallest absolute Gasteiger partial charge is 0.0641 e. The molecule has 0 N–H and O–H groups in total. The molecule has 0 unspecified atom stereocenters. The fourth-order valence-electron chi connectivity index (χ4n) is 15.8. The topological polar surface area (TPSA) is 15.3 Å². The van der Waals surface area contributed by atoms with Gasteiger partial charge in [0.15, 0.2) is 0 Å². The molecule has 19 rings (SSSR count). The molecule has 0 saturated heterocycles. The lowest BCUT2D eigenvalue weighted by Gasteiger charge is -2.29. The highest BCUT2D eigenvalue weighted by molar-refractivity contribution is 7.26. The van der Waals surface area contributed by atoms with Gasteiger partial charge in [-0.3, -0.25) is 0 Å². The van der Waals surface area contributed by atoms with Gasteiger partial charge in [-0.05, 0) is 118 Å². The Kier molecular flexibility index (Phi) is 11.3. The number of aromatic nitrogens is 2. The van der Waals surface area contributed by atoms with E-state index in [1.165, 1.54) is 150 Å². The van der Waals surface area contributed by atoms with Crippen molar-refractivity contribution >= 4 is 173 Å². The lowest BCUT2D eigenvalue weighted by atomic mass is 9.85. The quantitative estimate of drug-likeness (QED) is 0.151. The number of rotatable bonds is 8. The van der Waals surface area contributed by atoms with Crippen LogP contribution in [0.1, 0.15) is 52.7 Å². The molecule has 0 radical (unpaired) electrons. The van der Waals surface area contributed by atoms with Crippen molar-refractivity contribution in [2.45, 2.75) is 52.4 Å². The van der Waals surface area contributed by atoms with Crippen LogP contribution in [0, 0.1) is 0 Å². The third-order valence-corrected chi connectivity index (χ3v) is 22.1. The van der Waals surface area contributed by atoms with Crippen molar-refractivity contribution < 1.29 is 0 Å². The van der Waals surface area contributed by atoms with Crippen molar-refractivity contribution in [3.8, 4) is 22.3 Å². The number of nitrogens with zero attached hydrogens (tertiary/aromatic N) is 4. The van der Waals surface area contributed by atoms with Gasteiger partial charge in [0.25, 0.3) is 0 Å². The number of hydrogen-bond donors (Lipinski definition) is 0. The molecule has 0 aliphatic heterocycles. The summed E-state index contributed by atoms with van der Waals surface area (Å²) in [6.45, 7) is 14.3. The van der Waals surface area contributed by atoms with Crippen molar-refractivity contribution in [2.75, 3.05) is 9.80 Å². The minimum Gasteiger partial charge on any atom is -0.309 e. The van der Waals surface area contributed by atoms with Crippen molar-refractivity contribution in [1.82, 2.24) is 8.80 Å². The summed E-state index contributed by atoms with van der Waals surface area (Å²) in [6.07, 6.45) is 0. The lowest BCUT2D eigenvalue weighted by molar-refractivity contribution is 0.594. The van der Waals surface area contributed by atoms with E-state index in [9.17, 15) is 0 Å². The zero-order chi connectivity index (χ0) is 61.5.